The van der Waals surface area contributed by atoms with E-state index in [0.717, 1.165) is 12.5 Å². The molecule has 0 saturated heterocycles. The molecule has 0 fully saturated rings. The predicted octanol–water partition coefficient (Wildman–Crippen LogP) is 2.27. The molecule has 9 heavy (non-hydrogen) atoms. The summed E-state index contributed by atoms with van der Waals surface area (Å²) < 4.78 is 0. The monoisotopic (exact) mass is 125 g/mol. The van der Waals surface area contributed by atoms with Crippen molar-refractivity contribution in [2.75, 3.05) is 6.54 Å². The van der Waals surface area contributed by atoms with E-state index in [4.69, 9.17) is 0 Å². The standard InChI is InChI=1S/C8H15N/c1-2-4-8-5-3-6-9-7-8/h6,8H,2-5,7H2,1H3. The first kappa shape index (κ1) is 6.79. The van der Waals surface area contributed by atoms with Gasteiger partial charge in [-0.05, 0) is 31.4 Å². The van der Waals surface area contributed by atoms with Gasteiger partial charge in [0.2, 0.25) is 0 Å². The van der Waals surface area contributed by atoms with E-state index < -0.39 is 0 Å². The molecule has 0 amide bonds. The van der Waals surface area contributed by atoms with Gasteiger partial charge in [-0.2, -0.15) is 0 Å². The normalized spacial score (nSPS) is 26.6. The van der Waals surface area contributed by atoms with Crippen LogP contribution in [-0.2, 0) is 0 Å². The number of hydrogen-bond donors (Lipinski definition) is 0. The van der Waals surface area contributed by atoms with Crippen molar-refractivity contribution in [3.05, 3.63) is 0 Å². The van der Waals surface area contributed by atoms with Crippen LogP contribution in [0.1, 0.15) is 32.6 Å². The summed E-state index contributed by atoms with van der Waals surface area (Å²) in [7, 11) is 0. The molecule has 0 N–H and O–H groups in total. The molecule has 52 valence electrons. The molecule has 0 aromatic heterocycles. The fourth-order valence-electron chi connectivity index (χ4n) is 1.36. The highest BCUT2D eigenvalue weighted by molar-refractivity contribution is 5.57. The lowest BCUT2D eigenvalue weighted by molar-refractivity contribution is 0.454. The molecule has 0 aliphatic carbocycles. The van der Waals surface area contributed by atoms with Crippen molar-refractivity contribution in [1.29, 1.82) is 0 Å². The van der Waals surface area contributed by atoms with Gasteiger partial charge in [-0.3, -0.25) is 4.99 Å². The number of nitrogens with zero attached hydrogens (tertiary/aromatic N) is 1. The fraction of sp³-hybridized carbons (Fsp3) is 0.875. The number of aliphatic imine (C=N–C) groups is 1. The Kier molecular flexibility index (Phi) is 2.75. The maximum Gasteiger partial charge on any atom is 0.0413 e. The third-order valence-electron chi connectivity index (χ3n) is 1.89. The minimum Gasteiger partial charge on any atom is -0.297 e. The average Bonchev–Trinajstić information content (AvgIpc) is 1.91. The summed E-state index contributed by atoms with van der Waals surface area (Å²) in [6.45, 7) is 3.34. The summed E-state index contributed by atoms with van der Waals surface area (Å²) in [5, 5.41) is 0. The summed E-state index contributed by atoms with van der Waals surface area (Å²) in [5.74, 6) is 0.903. The van der Waals surface area contributed by atoms with Gasteiger partial charge >= 0.3 is 0 Å². The van der Waals surface area contributed by atoms with Crippen LogP contribution in [0.2, 0.25) is 0 Å². The lowest BCUT2D eigenvalue weighted by Gasteiger charge is -2.15. The van der Waals surface area contributed by atoms with E-state index in [1.165, 1.54) is 25.7 Å². The molecule has 0 aromatic rings. The molecule has 0 aromatic carbocycles. The van der Waals surface area contributed by atoms with Crippen LogP contribution in [0.25, 0.3) is 0 Å². The van der Waals surface area contributed by atoms with Gasteiger partial charge < -0.3 is 0 Å². The molecule has 1 aliphatic rings. The van der Waals surface area contributed by atoms with Crippen LogP contribution in [0.15, 0.2) is 4.99 Å². The maximum atomic E-state index is 4.25. The molecule has 1 unspecified atom stereocenters. The van der Waals surface area contributed by atoms with Gasteiger partial charge in [-0.25, -0.2) is 0 Å². The Morgan fingerprint density at radius 2 is 2.56 bits per heavy atom. The van der Waals surface area contributed by atoms with Crippen LogP contribution >= 0.6 is 0 Å². The minimum absolute atomic E-state index is 0.903. The van der Waals surface area contributed by atoms with E-state index in [1.807, 2.05) is 0 Å². The Morgan fingerprint density at radius 1 is 1.67 bits per heavy atom. The molecule has 1 nitrogen and oxygen atoms in total. The Bertz CT molecular complexity index is 96.7. The summed E-state index contributed by atoms with van der Waals surface area (Å²) in [6, 6.07) is 0. The summed E-state index contributed by atoms with van der Waals surface area (Å²) in [4.78, 5) is 4.25. The molecule has 0 saturated carbocycles. The topological polar surface area (TPSA) is 12.4 Å². The van der Waals surface area contributed by atoms with E-state index in [2.05, 4.69) is 18.1 Å². The van der Waals surface area contributed by atoms with Gasteiger partial charge in [0.05, 0.1) is 0 Å². The first-order valence-electron chi connectivity index (χ1n) is 3.91. The van der Waals surface area contributed by atoms with Crippen molar-refractivity contribution in [1.82, 2.24) is 0 Å². The van der Waals surface area contributed by atoms with Crippen LogP contribution in [0.4, 0.5) is 0 Å². The smallest absolute Gasteiger partial charge is 0.0413 e. The third kappa shape index (κ3) is 2.17. The molecular weight excluding hydrogens is 110 g/mol. The number of rotatable bonds is 2. The van der Waals surface area contributed by atoms with Crippen LogP contribution in [0, 0.1) is 5.92 Å². The fourth-order valence-corrected chi connectivity index (χ4v) is 1.36. The molecule has 0 bridgehead atoms. The second kappa shape index (κ2) is 3.65. The largest absolute Gasteiger partial charge is 0.297 e. The summed E-state index contributed by atoms with van der Waals surface area (Å²) >= 11 is 0. The van der Waals surface area contributed by atoms with Gasteiger partial charge in [-0.15, -0.1) is 0 Å². The summed E-state index contributed by atoms with van der Waals surface area (Å²) in [5.41, 5.74) is 0. The molecule has 1 atom stereocenters. The highest BCUT2D eigenvalue weighted by Crippen LogP contribution is 2.15. The van der Waals surface area contributed by atoms with Crippen molar-refractivity contribution in [2.24, 2.45) is 10.9 Å². The zero-order chi connectivity index (χ0) is 6.53. The Hall–Kier alpha value is -0.330. The quantitative estimate of drug-likeness (QED) is 0.537. The van der Waals surface area contributed by atoms with E-state index in [0.29, 0.717) is 0 Å². The van der Waals surface area contributed by atoms with E-state index in [-0.39, 0.29) is 0 Å². The summed E-state index contributed by atoms with van der Waals surface area (Å²) in [6.07, 6.45) is 7.34. The zero-order valence-electron chi connectivity index (χ0n) is 6.14. The van der Waals surface area contributed by atoms with E-state index in [1.54, 1.807) is 0 Å². The van der Waals surface area contributed by atoms with E-state index >= 15 is 0 Å². The SMILES string of the molecule is CCCC1CCC=NC1. The zero-order valence-corrected chi connectivity index (χ0v) is 6.14. The predicted molar refractivity (Wildman–Crippen MR) is 41.0 cm³/mol. The van der Waals surface area contributed by atoms with Gasteiger partial charge in [0.1, 0.15) is 0 Å². The maximum absolute atomic E-state index is 4.25. The van der Waals surface area contributed by atoms with Crippen LogP contribution in [0.3, 0.4) is 0 Å². The molecule has 0 spiro atoms. The Balaban J connectivity index is 2.18. The molecular formula is C8H15N. The van der Waals surface area contributed by atoms with Gasteiger partial charge in [-0.1, -0.05) is 13.3 Å². The van der Waals surface area contributed by atoms with Crippen molar-refractivity contribution >= 4 is 6.21 Å². The van der Waals surface area contributed by atoms with Crippen molar-refractivity contribution < 1.29 is 0 Å². The third-order valence-corrected chi connectivity index (χ3v) is 1.89. The minimum atomic E-state index is 0.903. The molecule has 1 heterocycles. The average molecular weight is 125 g/mol. The van der Waals surface area contributed by atoms with Gasteiger partial charge in [0, 0.05) is 6.54 Å². The van der Waals surface area contributed by atoms with Crippen LogP contribution in [0.5, 0.6) is 0 Å². The van der Waals surface area contributed by atoms with Gasteiger partial charge in [0.25, 0.3) is 0 Å². The first-order valence-corrected chi connectivity index (χ1v) is 3.91. The first-order chi connectivity index (χ1) is 4.43. The molecule has 1 aliphatic heterocycles. The van der Waals surface area contributed by atoms with Crippen molar-refractivity contribution in [3.63, 3.8) is 0 Å². The molecule has 1 heteroatoms. The highest BCUT2D eigenvalue weighted by Gasteiger charge is 2.07. The lowest BCUT2D eigenvalue weighted by atomic mass is 9.97. The molecule has 0 radical (unpaired) electrons. The molecule has 1 rings (SSSR count). The highest BCUT2D eigenvalue weighted by atomic mass is 14.7. The second-order valence-electron chi connectivity index (χ2n) is 2.78. The van der Waals surface area contributed by atoms with Crippen LogP contribution < -0.4 is 0 Å². The van der Waals surface area contributed by atoms with Crippen molar-refractivity contribution in [3.8, 4) is 0 Å². The Labute approximate surface area is 57.2 Å². The second-order valence-corrected chi connectivity index (χ2v) is 2.78. The Morgan fingerprint density at radius 3 is 3.11 bits per heavy atom. The lowest BCUT2D eigenvalue weighted by Crippen LogP contribution is -2.08. The van der Waals surface area contributed by atoms with Crippen LogP contribution in [-0.4, -0.2) is 12.8 Å². The number of hydrogen-bond acceptors (Lipinski definition) is 1. The van der Waals surface area contributed by atoms with Crippen molar-refractivity contribution in [2.45, 2.75) is 32.6 Å². The van der Waals surface area contributed by atoms with Gasteiger partial charge in [0.15, 0.2) is 0 Å². The van der Waals surface area contributed by atoms with E-state index in [9.17, 15) is 0 Å².